The molecular weight excluding hydrogens is 372 g/mol. The van der Waals surface area contributed by atoms with Crippen molar-refractivity contribution in [2.75, 3.05) is 5.32 Å². The molecule has 150 valence electrons. The van der Waals surface area contributed by atoms with Gasteiger partial charge < -0.3 is 20.2 Å². The monoisotopic (exact) mass is 394 g/mol. The minimum absolute atomic E-state index is 0.00337. The van der Waals surface area contributed by atoms with Crippen LogP contribution >= 0.6 is 0 Å². The van der Waals surface area contributed by atoms with Gasteiger partial charge in [0.2, 0.25) is 5.91 Å². The van der Waals surface area contributed by atoms with Crippen LogP contribution in [0.1, 0.15) is 35.3 Å². The predicted octanol–water partition coefficient (Wildman–Crippen LogP) is 3.21. The van der Waals surface area contributed by atoms with Gasteiger partial charge in [0.25, 0.3) is 5.91 Å². The number of carbonyl (C=O) groups excluding carboxylic acids is 3. The van der Waals surface area contributed by atoms with E-state index in [1.54, 1.807) is 12.1 Å². The normalized spacial score (nSPS) is 11.8. The number of benzene rings is 2. The predicted molar refractivity (Wildman–Crippen MR) is 108 cm³/mol. The Labute approximate surface area is 167 Å². The summed E-state index contributed by atoms with van der Waals surface area (Å²) in [4.78, 5) is 35.6. The highest BCUT2D eigenvalue weighted by Gasteiger charge is 2.19. The number of esters is 1. The first kappa shape index (κ1) is 20.1. The summed E-state index contributed by atoms with van der Waals surface area (Å²) in [5.41, 5.74) is 8.56. The number of fused-ring (bicyclic) bond motifs is 1. The van der Waals surface area contributed by atoms with Crippen molar-refractivity contribution in [1.82, 2.24) is 0 Å². The molecule has 3 rings (SSSR count). The van der Waals surface area contributed by atoms with E-state index in [0.717, 1.165) is 23.0 Å². The van der Waals surface area contributed by atoms with Crippen LogP contribution in [0.3, 0.4) is 0 Å². The van der Waals surface area contributed by atoms with Crippen LogP contribution in [0.15, 0.2) is 53.1 Å². The van der Waals surface area contributed by atoms with E-state index in [1.807, 2.05) is 18.2 Å². The lowest BCUT2D eigenvalue weighted by Gasteiger charge is -2.13. The summed E-state index contributed by atoms with van der Waals surface area (Å²) in [6, 6.07) is 12.0. The summed E-state index contributed by atoms with van der Waals surface area (Å²) in [6.45, 7) is 3.55. The number of carbonyl (C=O) groups is 3. The lowest BCUT2D eigenvalue weighted by atomic mass is 10.1. The first-order chi connectivity index (χ1) is 13.9. The molecule has 29 heavy (non-hydrogen) atoms. The topological polar surface area (TPSA) is 112 Å². The highest BCUT2D eigenvalue weighted by atomic mass is 16.5. The van der Waals surface area contributed by atoms with Gasteiger partial charge in [-0.2, -0.15) is 0 Å². The zero-order valence-electron chi connectivity index (χ0n) is 16.2. The highest BCUT2D eigenvalue weighted by molar-refractivity contribution is 5.97. The summed E-state index contributed by atoms with van der Waals surface area (Å²) in [5.74, 6) is -1.56. The van der Waals surface area contributed by atoms with Gasteiger partial charge in [0, 0.05) is 22.2 Å². The number of amides is 2. The molecule has 0 bridgehead atoms. The van der Waals surface area contributed by atoms with Crippen molar-refractivity contribution in [3.8, 4) is 0 Å². The van der Waals surface area contributed by atoms with E-state index in [4.69, 9.17) is 14.9 Å². The van der Waals surface area contributed by atoms with Gasteiger partial charge in [0.15, 0.2) is 6.10 Å². The van der Waals surface area contributed by atoms with Crippen LogP contribution in [0.4, 0.5) is 5.69 Å². The van der Waals surface area contributed by atoms with Crippen molar-refractivity contribution in [2.24, 2.45) is 5.73 Å². The van der Waals surface area contributed by atoms with E-state index in [1.165, 1.54) is 25.3 Å². The molecule has 1 aromatic heterocycles. The number of primary amides is 1. The van der Waals surface area contributed by atoms with Gasteiger partial charge in [0.05, 0.1) is 12.7 Å². The van der Waals surface area contributed by atoms with Crippen molar-refractivity contribution in [2.45, 2.75) is 32.8 Å². The fourth-order valence-corrected chi connectivity index (χ4v) is 2.89. The van der Waals surface area contributed by atoms with Gasteiger partial charge in [-0.15, -0.1) is 0 Å². The Hall–Kier alpha value is -3.61. The van der Waals surface area contributed by atoms with E-state index >= 15 is 0 Å². The van der Waals surface area contributed by atoms with Crippen LogP contribution in [0.2, 0.25) is 0 Å². The molecule has 2 amide bonds. The fourth-order valence-electron chi connectivity index (χ4n) is 2.89. The van der Waals surface area contributed by atoms with Gasteiger partial charge >= 0.3 is 5.97 Å². The average molecular weight is 394 g/mol. The molecule has 0 aliphatic rings. The fraction of sp³-hybridized carbons (Fsp3) is 0.227. The molecule has 1 heterocycles. The molecule has 7 nitrogen and oxygen atoms in total. The molecule has 3 aromatic rings. The first-order valence-electron chi connectivity index (χ1n) is 9.26. The van der Waals surface area contributed by atoms with Crippen molar-refractivity contribution < 1.29 is 23.5 Å². The molecule has 0 spiro atoms. The summed E-state index contributed by atoms with van der Waals surface area (Å²) < 4.78 is 10.8. The van der Waals surface area contributed by atoms with E-state index in [9.17, 15) is 14.4 Å². The minimum Gasteiger partial charge on any atom is -0.464 e. The van der Waals surface area contributed by atoms with Crippen LogP contribution < -0.4 is 11.1 Å². The third-order valence-corrected chi connectivity index (χ3v) is 4.58. The van der Waals surface area contributed by atoms with Gasteiger partial charge in [-0.25, -0.2) is 0 Å². The molecule has 1 atom stereocenters. The lowest BCUT2D eigenvalue weighted by molar-refractivity contribution is -0.152. The SMILES string of the molecule is CCc1ccc2c(CC(=O)O[C@H](C)C(=O)Nc3ccc(C(N)=O)cc3)coc2c1. The largest absolute Gasteiger partial charge is 0.464 e. The standard InChI is InChI=1S/C22H22N2O5/c1-3-14-4-9-18-16(12-28-19(18)10-14)11-20(25)29-13(2)22(27)24-17-7-5-15(6-8-17)21(23)26/h4-10,12-13H,3,11H2,1-2H3,(H2,23,26)(H,24,27)/t13-/m1/s1. The van der Waals surface area contributed by atoms with E-state index in [2.05, 4.69) is 12.2 Å². The minimum atomic E-state index is -0.983. The summed E-state index contributed by atoms with van der Waals surface area (Å²) in [6.07, 6.45) is 1.45. The number of furan rings is 1. The molecule has 0 radical (unpaired) electrons. The van der Waals surface area contributed by atoms with E-state index in [0.29, 0.717) is 16.8 Å². The zero-order valence-corrected chi connectivity index (χ0v) is 16.2. The summed E-state index contributed by atoms with van der Waals surface area (Å²) in [7, 11) is 0. The average Bonchev–Trinajstić information content (AvgIpc) is 3.09. The maximum atomic E-state index is 12.3. The van der Waals surface area contributed by atoms with E-state index < -0.39 is 23.9 Å². The Morgan fingerprint density at radius 2 is 1.86 bits per heavy atom. The Morgan fingerprint density at radius 1 is 1.14 bits per heavy atom. The molecule has 0 fully saturated rings. The van der Waals surface area contributed by atoms with Gasteiger partial charge in [-0.1, -0.05) is 19.1 Å². The molecule has 3 N–H and O–H groups in total. The molecular formula is C22H22N2O5. The number of rotatable bonds is 7. The second-order valence-corrected chi connectivity index (χ2v) is 6.68. The van der Waals surface area contributed by atoms with Gasteiger partial charge in [-0.3, -0.25) is 14.4 Å². The van der Waals surface area contributed by atoms with Crippen molar-refractivity contribution in [1.29, 1.82) is 0 Å². The third-order valence-electron chi connectivity index (χ3n) is 4.58. The van der Waals surface area contributed by atoms with Crippen LogP contribution in [-0.4, -0.2) is 23.9 Å². The molecule has 7 heteroatoms. The number of anilines is 1. The second-order valence-electron chi connectivity index (χ2n) is 6.68. The van der Waals surface area contributed by atoms with Gasteiger partial charge in [0.1, 0.15) is 5.58 Å². The zero-order chi connectivity index (χ0) is 21.0. The van der Waals surface area contributed by atoms with Gasteiger partial charge in [-0.05, 0) is 49.2 Å². The number of nitrogens with one attached hydrogen (secondary N) is 1. The number of ether oxygens (including phenoxy) is 1. The van der Waals surface area contributed by atoms with Crippen molar-refractivity contribution in [3.05, 3.63) is 65.4 Å². The second kappa shape index (κ2) is 8.60. The number of nitrogens with two attached hydrogens (primary N) is 1. The smallest absolute Gasteiger partial charge is 0.311 e. The summed E-state index contributed by atoms with van der Waals surface area (Å²) in [5, 5.41) is 3.48. The molecule has 0 unspecified atom stereocenters. The Balaban J connectivity index is 1.58. The van der Waals surface area contributed by atoms with Crippen molar-refractivity contribution >= 4 is 34.4 Å². The first-order valence-corrected chi connectivity index (χ1v) is 9.26. The van der Waals surface area contributed by atoms with E-state index in [-0.39, 0.29) is 6.42 Å². The number of hydrogen-bond donors (Lipinski definition) is 2. The molecule has 0 saturated heterocycles. The van der Waals surface area contributed by atoms with Crippen LogP contribution in [-0.2, 0) is 27.2 Å². The van der Waals surface area contributed by atoms with Crippen molar-refractivity contribution in [3.63, 3.8) is 0 Å². The molecule has 0 saturated carbocycles. The number of hydrogen-bond acceptors (Lipinski definition) is 5. The molecule has 0 aliphatic heterocycles. The molecule has 0 aliphatic carbocycles. The maximum Gasteiger partial charge on any atom is 0.311 e. The van der Waals surface area contributed by atoms with Crippen LogP contribution in [0.5, 0.6) is 0 Å². The number of aryl methyl sites for hydroxylation is 1. The summed E-state index contributed by atoms with van der Waals surface area (Å²) >= 11 is 0. The lowest BCUT2D eigenvalue weighted by Crippen LogP contribution is -2.30. The Kier molecular flexibility index (Phi) is 5.97. The Morgan fingerprint density at radius 3 is 2.52 bits per heavy atom. The maximum absolute atomic E-state index is 12.3. The third kappa shape index (κ3) is 4.82. The highest BCUT2D eigenvalue weighted by Crippen LogP contribution is 2.23. The molecule has 2 aromatic carbocycles. The Bertz CT molecular complexity index is 1050. The van der Waals surface area contributed by atoms with Crippen LogP contribution in [0, 0.1) is 0 Å². The van der Waals surface area contributed by atoms with Crippen LogP contribution in [0.25, 0.3) is 11.0 Å². The quantitative estimate of drug-likeness (QED) is 0.598.